The van der Waals surface area contributed by atoms with Crippen molar-refractivity contribution in [2.45, 2.75) is 20.8 Å². The van der Waals surface area contributed by atoms with E-state index in [9.17, 15) is 4.79 Å². The summed E-state index contributed by atoms with van der Waals surface area (Å²) in [5, 5.41) is 9.14. The smallest absolute Gasteiger partial charge is 0.339 e. The molecule has 0 heterocycles. The lowest BCUT2D eigenvalue weighted by Crippen LogP contribution is -2.00. The molecule has 0 aromatic heterocycles. The third-order valence-electron chi connectivity index (χ3n) is 3.10. The first kappa shape index (κ1) is 13.1. The number of hydrogen-bond acceptors (Lipinski definition) is 2. The molecule has 3 heteroatoms. The number of carbonyl (C=O) groups is 1. The lowest BCUT2D eigenvalue weighted by Gasteiger charge is -2.13. The van der Waals surface area contributed by atoms with Crippen LogP contribution in [0.3, 0.4) is 0 Å². The van der Waals surface area contributed by atoms with Gasteiger partial charge in [-0.3, -0.25) is 0 Å². The van der Waals surface area contributed by atoms with Gasteiger partial charge in [0, 0.05) is 0 Å². The third kappa shape index (κ3) is 2.76. The minimum absolute atomic E-state index is 0.168. The Morgan fingerprint density at radius 1 is 1.05 bits per heavy atom. The van der Waals surface area contributed by atoms with Crippen molar-refractivity contribution in [2.75, 3.05) is 0 Å². The second kappa shape index (κ2) is 5.14. The van der Waals surface area contributed by atoms with Crippen molar-refractivity contribution in [3.63, 3.8) is 0 Å². The van der Waals surface area contributed by atoms with E-state index in [1.54, 1.807) is 18.2 Å². The van der Waals surface area contributed by atoms with Gasteiger partial charge in [-0.15, -0.1) is 0 Å². The summed E-state index contributed by atoms with van der Waals surface area (Å²) < 4.78 is 5.78. The molecular formula is C16H16O3. The topological polar surface area (TPSA) is 46.5 Å². The molecule has 0 bridgehead atoms. The highest BCUT2D eigenvalue weighted by atomic mass is 16.5. The van der Waals surface area contributed by atoms with Crippen molar-refractivity contribution in [1.82, 2.24) is 0 Å². The SMILES string of the molecule is Cc1cc(C)c(C)c(Oc2ccccc2C(=O)O)c1. The van der Waals surface area contributed by atoms with Crippen LogP contribution in [0.2, 0.25) is 0 Å². The van der Waals surface area contributed by atoms with E-state index in [0.29, 0.717) is 11.5 Å². The molecule has 19 heavy (non-hydrogen) atoms. The lowest BCUT2D eigenvalue weighted by molar-refractivity contribution is 0.0694. The summed E-state index contributed by atoms with van der Waals surface area (Å²) in [6.07, 6.45) is 0. The van der Waals surface area contributed by atoms with Gasteiger partial charge in [-0.05, 0) is 55.7 Å². The molecule has 0 saturated heterocycles. The van der Waals surface area contributed by atoms with E-state index in [4.69, 9.17) is 9.84 Å². The summed E-state index contributed by atoms with van der Waals surface area (Å²) in [5.74, 6) is 0.0759. The first-order valence-electron chi connectivity index (χ1n) is 6.07. The number of hydrogen-bond donors (Lipinski definition) is 1. The van der Waals surface area contributed by atoms with Gasteiger partial charge in [0.2, 0.25) is 0 Å². The highest BCUT2D eigenvalue weighted by Gasteiger charge is 2.12. The molecule has 1 N–H and O–H groups in total. The third-order valence-corrected chi connectivity index (χ3v) is 3.10. The fourth-order valence-corrected chi connectivity index (χ4v) is 1.96. The second-order valence-corrected chi connectivity index (χ2v) is 4.61. The van der Waals surface area contributed by atoms with Gasteiger partial charge in [-0.2, -0.15) is 0 Å². The van der Waals surface area contributed by atoms with Crippen LogP contribution in [0.5, 0.6) is 11.5 Å². The fraction of sp³-hybridized carbons (Fsp3) is 0.188. The molecule has 2 aromatic carbocycles. The highest BCUT2D eigenvalue weighted by Crippen LogP contribution is 2.30. The summed E-state index contributed by atoms with van der Waals surface area (Å²) in [4.78, 5) is 11.2. The molecule has 2 aromatic rings. The van der Waals surface area contributed by atoms with Crippen molar-refractivity contribution in [3.05, 3.63) is 58.7 Å². The average Bonchev–Trinajstić information content (AvgIpc) is 2.35. The predicted octanol–water partition coefficient (Wildman–Crippen LogP) is 4.10. The van der Waals surface area contributed by atoms with Crippen molar-refractivity contribution < 1.29 is 14.6 Å². The van der Waals surface area contributed by atoms with Gasteiger partial charge in [0.05, 0.1) is 0 Å². The zero-order chi connectivity index (χ0) is 14.0. The van der Waals surface area contributed by atoms with Crippen LogP contribution >= 0.6 is 0 Å². The van der Waals surface area contributed by atoms with Crippen LogP contribution in [0, 0.1) is 20.8 Å². The standard InChI is InChI=1S/C16H16O3/c1-10-8-11(2)12(3)15(9-10)19-14-7-5-4-6-13(14)16(17)18/h4-9H,1-3H3,(H,17,18). The van der Waals surface area contributed by atoms with Gasteiger partial charge in [0.25, 0.3) is 0 Å². The van der Waals surface area contributed by atoms with E-state index < -0.39 is 5.97 Å². The summed E-state index contributed by atoms with van der Waals surface area (Å²) in [6, 6.07) is 10.6. The Morgan fingerprint density at radius 3 is 2.42 bits per heavy atom. The quantitative estimate of drug-likeness (QED) is 0.899. The maximum absolute atomic E-state index is 11.2. The molecule has 0 amide bonds. The normalized spacial score (nSPS) is 10.3. The maximum atomic E-state index is 11.2. The van der Waals surface area contributed by atoms with Crippen LogP contribution in [0.1, 0.15) is 27.0 Å². The molecule has 0 unspecified atom stereocenters. The van der Waals surface area contributed by atoms with Crippen molar-refractivity contribution in [3.8, 4) is 11.5 Å². The van der Waals surface area contributed by atoms with Crippen LogP contribution in [0.25, 0.3) is 0 Å². The Morgan fingerprint density at radius 2 is 1.74 bits per heavy atom. The molecule has 98 valence electrons. The zero-order valence-corrected chi connectivity index (χ0v) is 11.2. The summed E-state index contributed by atoms with van der Waals surface area (Å²) in [7, 11) is 0. The molecule has 0 atom stereocenters. The van der Waals surface area contributed by atoms with Gasteiger partial charge in [-0.25, -0.2) is 4.79 Å². The largest absolute Gasteiger partial charge is 0.478 e. The van der Waals surface area contributed by atoms with Crippen LogP contribution in [-0.2, 0) is 0 Å². The fourth-order valence-electron chi connectivity index (χ4n) is 1.96. The Bertz CT molecular complexity index is 630. The summed E-state index contributed by atoms with van der Waals surface area (Å²) in [6.45, 7) is 5.97. The van der Waals surface area contributed by atoms with Crippen LogP contribution < -0.4 is 4.74 Å². The molecule has 0 aliphatic rings. The van der Waals surface area contributed by atoms with Crippen LogP contribution in [0.4, 0.5) is 0 Å². The molecule has 2 rings (SSSR count). The van der Waals surface area contributed by atoms with Crippen LogP contribution in [0.15, 0.2) is 36.4 Å². The van der Waals surface area contributed by atoms with Gasteiger partial charge in [-0.1, -0.05) is 18.2 Å². The molecule has 0 aliphatic carbocycles. The van der Waals surface area contributed by atoms with E-state index in [-0.39, 0.29) is 5.56 Å². The van der Waals surface area contributed by atoms with E-state index in [1.165, 1.54) is 6.07 Å². The minimum atomic E-state index is -0.988. The summed E-state index contributed by atoms with van der Waals surface area (Å²) in [5.41, 5.74) is 3.40. The number of carboxylic acid groups (broad SMARTS) is 1. The molecule has 0 radical (unpaired) electrons. The highest BCUT2D eigenvalue weighted by molar-refractivity contribution is 5.90. The Balaban J connectivity index is 2.45. The zero-order valence-electron chi connectivity index (χ0n) is 11.2. The second-order valence-electron chi connectivity index (χ2n) is 4.61. The lowest BCUT2D eigenvalue weighted by atomic mass is 10.1. The molecular weight excluding hydrogens is 240 g/mol. The van der Waals surface area contributed by atoms with Crippen molar-refractivity contribution in [1.29, 1.82) is 0 Å². The molecule has 0 aliphatic heterocycles. The predicted molar refractivity (Wildman–Crippen MR) is 74.1 cm³/mol. The van der Waals surface area contributed by atoms with Gasteiger partial charge in [0.15, 0.2) is 0 Å². The first-order valence-corrected chi connectivity index (χ1v) is 6.07. The monoisotopic (exact) mass is 256 g/mol. The average molecular weight is 256 g/mol. The number of ether oxygens (including phenoxy) is 1. The molecule has 0 fully saturated rings. The van der Waals surface area contributed by atoms with E-state index >= 15 is 0 Å². The maximum Gasteiger partial charge on any atom is 0.339 e. The number of carboxylic acids is 1. The van der Waals surface area contributed by atoms with Crippen molar-refractivity contribution >= 4 is 5.97 Å². The van der Waals surface area contributed by atoms with Crippen molar-refractivity contribution in [2.24, 2.45) is 0 Å². The Hall–Kier alpha value is -2.29. The van der Waals surface area contributed by atoms with E-state index in [0.717, 1.165) is 16.7 Å². The number of para-hydroxylation sites is 1. The van der Waals surface area contributed by atoms with E-state index in [1.807, 2.05) is 26.8 Å². The van der Waals surface area contributed by atoms with Crippen LogP contribution in [-0.4, -0.2) is 11.1 Å². The summed E-state index contributed by atoms with van der Waals surface area (Å²) >= 11 is 0. The molecule has 3 nitrogen and oxygen atoms in total. The number of benzene rings is 2. The van der Waals surface area contributed by atoms with Gasteiger partial charge >= 0.3 is 5.97 Å². The Labute approximate surface area is 112 Å². The number of aromatic carboxylic acids is 1. The number of aryl methyl sites for hydroxylation is 2. The minimum Gasteiger partial charge on any atom is -0.478 e. The molecule has 0 spiro atoms. The Kier molecular flexibility index (Phi) is 3.56. The van der Waals surface area contributed by atoms with Gasteiger partial charge < -0.3 is 9.84 Å². The van der Waals surface area contributed by atoms with Gasteiger partial charge in [0.1, 0.15) is 17.1 Å². The molecule has 0 saturated carbocycles. The van der Waals surface area contributed by atoms with E-state index in [2.05, 4.69) is 6.07 Å². The number of rotatable bonds is 3. The first-order chi connectivity index (χ1) is 8.99.